The Bertz CT molecular complexity index is 481. The molecule has 2 aliphatic heterocycles. The average Bonchev–Trinajstić information content (AvgIpc) is 2.37. The first-order chi connectivity index (χ1) is 9.31. The molecular formula is C16H22O4. The number of carbonyl (C=O) groups is 1. The molecule has 0 aromatic rings. The van der Waals surface area contributed by atoms with E-state index < -0.39 is 16.8 Å². The van der Waals surface area contributed by atoms with Gasteiger partial charge in [0.1, 0.15) is 5.41 Å². The number of hydrogen-bond acceptors (Lipinski definition) is 4. The van der Waals surface area contributed by atoms with Crippen molar-refractivity contribution in [2.75, 3.05) is 6.61 Å². The van der Waals surface area contributed by atoms with Crippen molar-refractivity contribution in [2.24, 2.45) is 5.41 Å². The number of rotatable bonds is 1. The van der Waals surface area contributed by atoms with Crippen LogP contribution in [0.5, 0.6) is 0 Å². The van der Waals surface area contributed by atoms with E-state index in [0.717, 1.165) is 0 Å². The number of ether oxygens (including phenoxy) is 3. The monoisotopic (exact) mass is 278 g/mol. The van der Waals surface area contributed by atoms with Crippen molar-refractivity contribution in [2.45, 2.75) is 57.2 Å². The molecule has 0 amide bonds. The van der Waals surface area contributed by atoms with E-state index in [1.54, 1.807) is 6.08 Å². The Morgan fingerprint density at radius 2 is 2.05 bits per heavy atom. The molecule has 0 aromatic carbocycles. The van der Waals surface area contributed by atoms with Gasteiger partial charge in [0.15, 0.2) is 11.6 Å². The maximum absolute atomic E-state index is 12.5. The molecule has 2 heterocycles. The van der Waals surface area contributed by atoms with Crippen molar-refractivity contribution in [3.63, 3.8) is 0 Å². The lowest BCUT2D eigenvalue weighted by Crippen LogP contribution is -2.68. The molecule has 0 radical (unpaired) electrons. The van der Waals surface area contributed by atoms with Gasteiger partial charge < -0.3 is 14.2 Å². The summed E-state index contributed by atoms with van der Waals surface area (Å²) < 4.78 is 18.1. The van der Waals surface area contributed by atoms with E-state index in [4.69, 9.17) is 14.2 Å². The van der Waals surface area contributed by atoms with Gasteiger partial charge in [0.2, 0.25) is 0 Å². The van der Waals surface area contributed by atoms with Crippen LogP contribution in [0.4, 0.5) is 0 Å². The Morgan fingerprint density at radius 1 is 1.30 bits per heavy atom. The Balaban J connectivity index is 2.03. The topological polar surface area (TPSA) is 44.8 Å². The smallest absolute Gasteiger partial charge is 0.169 e. The first-order valence-corrected chi connectivity index (χ1v) is 7.15. The summed E-state index contributed by atoms with van der Waals surface area (Å²) in [6, 6.07) is 0. The third-order valence-electron chi connectivity index (χ3n) is 4.75. The fourth-order valence-electron chi connectivity index (χ4n) is 3.47. The second-order valence-electron chi connectivity index (χ2n) is 6.67. The van der Waals surface area contributed by atoms with Crippen LogP contribution in [0.25, 0.3) is 0 Å². The van der Waals surface area contributed by atoms with Crippen LogP contribution >= 0.6 is 0 Å². The highest BCUT2D eigenvalue weighted by Gasteiger charge is 2.62. The van der Waals surface area contributed by atoms with Crippen molar-refractivity contribution < 1.29 is 19.0 Å². The minimum Gasteiger partial charge on any atom is -0.366 e. The molecule has 0 saturated carbocycles. The van der Waals surface area contributed by atoms with Crippen LogP contribution in [-0.4, -0.2) is 36.0 Å². The first-order valence-electron chi connectivity index (χ1n) is 7.15. The highest BCUT2D eigenvalue weighted by atomic mass is 16.7. The van der Waals surface area contributed by atoms with Crippen LogP contribution < -0.4 is 0 Å². The maximum Gasteiger partial charge on any atom is 0.169 e. The molecule has 3 rings (SSSR count). The molecule has 2 saturated heterocycles. The zero-order chi connectivity index (χ0) is 14.6. The third kappa shape index (κ3) is 1.90. The number of allylic oxidation sites excluding steroid dienone is 1. The SMILES string of the molecule is C=C[C@@]1(C)C[C@H]2OC(C)(C)OC[C@]23C(=O)C=CC[C@H]3O1. The van der Waals surface area contributed by atoms with Gasteiger partial charge >= 0.3 is 0 Å². The Kier molecular flexibility index (Phi) is 2.98. The molecule has 0 unspecified atom stereocenters. The van der Waals surface area contributed by atoms with Crippen LogP contribution in [0.2, 0.25) is 0 Å². The number of ketones is 1. The van der Waals surface area contributed by atoms with E-state index >= 15 is 0 Å². The maximum atomic E-state index is 12.5. The second-order valence-corrected chi connectivity index (χ2v) is 6.67. The van der Waals surface area contributed by atoms with Crippen molar-refractivity contribution in [1.29, 1.82) is 0 Å². The van der Waals surface area contributed by atoms with E-state index in [1.165, 1.54) is 0 Å². The van der Waals surface area contributed by atoms with Crippen molar-refractivity contribution in [1.82, 2.24) is 0 Å². The highest BCUT2D eigenvalue weighted by molar-refractivity contribution is 5.97. The predicted octanol–water partition coefficient (Wildman–Crippen LogP) is 2.39. The molecule has 0 N–H and O–H groups in total. The van der Waals surface area contributed by atoms with Crippen molar-refractivity contribution >= 4 is 5.78 Å². The van der Waals surface area contributed by atoms with E-state index in [9.17, 15) is 4.79 Å². The number of hydrogen-bond donors (Lipinski definition) is 0. The lowest BCUT2D eigenvalue weighted by atomic mass is 9.64. The van der Waals surface area contributed by atoms with Gasteiger partial charge in [-0.25, -0.2) is 0 Å². The van der Waals surface area contributed by atoms with Crippen LogP contribution in [0.15, 0.2) is 24.8 Å². The first kappa shape index (κ1) is 14.0. The Morgan fingerprint density at radius 3 is 2.75 bits per heavy atom. The summed E-state index contributed by atoms with van der Waals surface area (Å²) in [7, 11) is 0. The van der Waals surface area contributed by atoms with Crippen LogP contribution in [-0.2, 0) is 19.0 Å². The predicted molar refractivity (Wildman–Crippen MR) is 74.2 cm³/mol. The largest absolute Gasteiger partial charge is 0.366 e. The van der Waals surface area contributed by atoms with E-state index in [2.05, 4.69) is 6.58 Å². The zero-order valence-corrected chi connectivity index (χ0v) is 12.3. The normalized spacial score (nSPS) is 46.5. The molecular weight excluding hydrogens is 256 g/mol. The molecule has 3 aliphatic rings. The van der Waals surface area contributed by atoms with Gasteiger partial charge in [-0.3, -0.25) is 4.79 Å². The fraction of sp³-hybridized carbons (Fsp3) is 0.688. The van der Waals surface area contributed by atoms with Crippen molar-refractivity contribution in [3.8, 4) is 0 Å². The van der Waals surface area contributed by atoms with Gasteiger partial charge in [0.25, 0.3) is 0 Å². The minimum absolute atomic E-state index is 0.0559. The Labute approximate surface area is 119 Å². The van der Waals surface area contributed by atoms with Gasteiger partial charge in [0, 0.05) is 6.42 Å². The molecule has 2 fully saturated rings. The van der Waals surface area contributed by atoms with Crippen LogP contribution in [0.3, 0.4) is 0 Å². The molecule has 1 aliphatic carbocycles. The Hall–Kier alpha value is -0.970. The van der Waals surface area contributed by atoms with Gasteiger partial charge in [-0.1, -0.05) is 12.2 Å². The summed E-state index contributed by atoms with van der Waals surface area (Å²) in [5, 5.41) is 0. The summed E-state index contributed by atoms with van der Waals surface area (Å²) >= 11 is 0. The highest BCUT2D eigenvalue weighted by Crippen LogP contribution is 2.51. The average molecular weight is 278 g/mol. The van der Waals surface area contributed by atoms with Crippen LogP contribution in [0, 0.1) is 5.41 Å². The fourth-order valence-corrected chi connectivity index (χ4v) is 3.47. The summed E-state index contributed by atoms with van der Waals surface area (Å²) in [5.41, 5.74) is -1.16. The van der Waals surface area contributed by atoms with Gasteiger partial charge in [-0.2, -0.15) is 0 Å². The van der Waals surface area contributed by atoms with E-state index in [-0.39, 0.29) is 18.0 Å². The van der Waals surface area contributed by atoms with E-state index in [1.807, 2.05) is 32.9 Å². The molecule has 1 spiro atoms. The minimum atomic E-state index is -0.702. The second kappa shape index (κ2) is 4.26. The van der Waals surface area contributed by atoms with Gasteiger partial charge in [-0.15, -0.1) is 6.58 Å². The third-order valence-corrected chi connectivity index (χ3v) is 4.75. The van der Waals surface area contributed by atoms with Crippen molar-refractivity contribution in [3.05, 3.63) is 24.8 Å². The summed E-state index contributed by atoms with van der Waals surface area (Å²) in [5.74, 6) is -0.609. The molecule has 4 heteroatoms. The molecule has 4 atom stereocenters. The summed E-state index contributed by atoms with van der Waals surface area (Å²) in [4.78, 5) is 12.5. The molecule has 20 heavy (non-hydrogen) atoms. The molecule has 4 nitrogen and oxygen atoms in total. The molecule has 110 valence electrons. The quantitative estimate of drug-likeness (QED) is 0.691. The zero-order valence-electron chi connectivity index (χ0n) is 12.3. The lowest BCUT2D eigenvalue weighted by Gasteiger charge is -2.57. The standard InChI is InChI=1S/C16H22O4/c1-5-15(4)9-13-16(10-18-14(2,3)19-13)11(17)7-6-8-12(16)20-15/h5-7,12-13H,1,8-10H2,2-4H3/t12-,13-,15+,16-/m1/s1. The molecule has 0 bridgehead atoms. The summed E-state index contributed by atoms with van der Waals surface area (Å²) in [6.45, 7) is 10.00. The summed E-state index contributed by atoms with van der Waals surface area (Å²) in [6.07, 6.45) is 6.26. The van der Waals surface area contributed by atoms with Crippen LogP contribution in [0.1, 0.15) is 33.6 Å². The lowest BCUT2D eigenvalue weighted by molar-refractivity contribution is -0.351. The van der Waals surface area contributed by atoms with Gasteiger partial charge in [0.05, 0.1) is 24.4 Å². The molecule has 0 aromatic heterocycles. The van der Waals surface area contributed by atoms with E-state index in [0.29, 0.717) is 19.4 Å². The number of carbonyl (C=O) groups excluding carboxylic acids is 1. The van der Waals surface area contributed by atoms with Gasteiger partial charge in [-0.05, 0) is 33.3 Å².